The number of benzene rings is 1. The van der Waals surface area contributed by atoms with Gasteiger partial charge in [-0.2, -0.15) is 0 Å². The molecule has 1 aliphatic heterocycles. The van der Waals surface area contributed by atoms with Crippen molar-refractivity contribution in [2.75, 3.05) is 30.7 Å². The van der Waals surface area contributed by atoms with Crippen LogP contribution in [-0.4, -0.2) is 51.1 Å². The number of para-hydroxylation sites is 1. The van der Waals surface area contributed by atoms with Gasteiger partial charge in [-0.15, -0.1) is 0 Å². The normalized spacial score (nSPS) is 15.0. The van der Waals surface area contributed by atoms with Crippen LogP contribution < -0.4 is 4.72 Å². The van der Waals surface area contributed by atoms with Crippen molar-refractivity contribution in [3.8, 4) is 0 Å². The van der Waals surface area contributed by atoms with E-state index in [-0.39, 0.29) is 23.8 Å². The van der Waals surface area contributed by atoms with E-state index in [1.54, 1.807) is 17.0 Å². The molecular weight excluding hydrogens is 308 g/mol. The van der Waals surface area contributed by atoms with Crippen LogP contribution in [0, 0.1) is 0 Å². The van der Waals surface area contributed by atoms with Crippen LogP contribution in [0.2, 0.25) is 0 Å². The predicted octanol–water partition coefficient (Wildman–Crippen LogP) is 0.837. The Morgan fingerprint density at radius 1 is 1.36 bits per heavy atom. The van der Waals surface area contributed by atoms with Gasteiger partial charge in [0, 0.05) is 13.0 Å². The van der Waals surface area contributed by atoms with E-state index in [4.69, 9.17) is 4.74 Å². The Morgan fingerprint density at radius 2 is 2.09 bits per heavy atom. The minimum atomic E-state index is -3.48. The fourth-order valence-electron chi connectivity index (χ4n) is 2.22. The summed E-state index contributed by atoms with van der Waals surface area (Å²) in [7, 11) is -3.48. The highest BCUT2D eigenvalue weighted by molar-refractivity contribution is 7.92. The summed E-state index contributed by atoms with van der Waals surface area (Å²) >= 11 is 0. The van der Waals surface area contributed by atoms with Crippen molar-refractivity contribution in [2.45, 2.75) is 12.8 Å². The first-order valence-corrected chi connectivity index (χ1v) is 8.78. The second kappa shape index (κ2) is 6.78. The molecule has 0 spiro atoms. The minimum absolute atomic E-state index is 0.0650. The second-order valence-corrected chi connectivity index (χ2v) is 6.79. The molecule has 0 radical (unpaired) electrons. The van der Waals surface area contributed by atoms with Gasteiger partial charge in [0.1, 0.15) is 6.61 Å². The number of amides is 1. The SMILES string of the molecule is CS(=O)(=O)Nc1ccccc1C(=O)OCCN1CCCC1=O. The van der Waals surface area contributed by atoms with Crippen LogP contribution in [0.15, 0.2) is 24.3 Å². The first kappa shape index (κ1) is 16.3. The van der Waals surface area contributed by atoms with Gasteiger partial charge in [-0.1, -0.05) is 12.1 Å². The number of anilines is 1. The van der Waals surface area contributed by atoms with E-state index in [0.29, 0.717) is 19.5 Å². The van der Waals surface area contributed by atoms with Crippen LogP contribution in [-0.2, 0) is 19.6 Å². The molecule has 1 saturated heterocycles. The Hall–Kier alpha value is -2.09. The van der Waals surface area contributed by atoms with Gasteiger partial charge in [0.15, 0.2) is 0 Å². The summed E-state index contributed by atoms with van der Waals surface area (Å²) in [6.07, 6.45) is 2.37. The van der Waals surface area contributed by atoms with Gasteiger partial charge in [0.05, 0.1) is 24.1 Å². The lowest BCUT2D eigenvalue weighted by molar-refractivity contribution is -0.128. The zero-order valence-electron chi connectivity index (χ0n) is 12.2. The van der Waals surface area contributed by atoms with Crippen molar-refractivity contribution in [3.63, 3.8) is 0 Å². The average molecular weight is 326 g/mol. The maximum absolute atomic E-state index is 12.0. The number of esters is 1. The molecule has 8 heteroatoms. The number of nitrogens with one attached hydrogen (secondary N) is 1. The smallest absolute Gasteiger partial charge is 0.340 e. The Bertz CT molecular complexity index is 672. The Balaban J connectivity index is 1.96. The van der Waals surface area contributed by atoms with Gasteiger partial charge in [-0.3, -0.25) is 9.52 Å². The van der Waals surface area contributed by atoms with Crippen LogP contribution in [0.4, 0.5) is 5.69 Å². The van der Waals surface area contributed by atoms with Crippen LogP contribution in [0.25, 0.3) is 0 Å². The van der Waals surface area contributed by atoms with Crippen LogP contribution in [0.5, 0.6) is 0 Å². The summed E-state index contributed by atoms with van der Waals surface area (Å²) < 4.78 is 30.0. The number of hydrogen-bond donors (Lipinski definition) is 1. The molecule has 0 saturated carbocycles. The number of nitrogens with zero attached hydrogens (tertiary/aromatic N) is 1. The minimum Gasteiger partial charge on any atom is -0.460 e. The Morgan fingerprint density at radius 3 is 2.73 bits per heavy atom. The van der Waals surface area contributed by atoms with Crippen LogP contribution in [0.3, 0.4) is 0 Å². The number of carbonyl (C=O) groups excluding carboxylic acids is 2. The molecule has 120 valence electrons. The van der Waals surface area contributed by atoms with E-state index in [0.717, 1.165) is 12.7 Å². The molecule has 1 aromatic carbocycles. The monoisotopic (exact) mass is 326 g/mol. The molecule has 1 N–H and O–H groups in total. The van der Waals surface area contributed by atoms with E-state index >= 15 is 0 Å². The molecule has 22 heavy (non-hydrogen) atoms. The van der Waals surface area contributed by atoms with Gasteiger partial charge < -0.3 is 9.64 Å². The third kappa shape index (κ3) is 4.45. The lowest BCUT2D eigenvalue weighted by Crippen LogP contribution is -2.29. The summed E-state index contributed by atoms with van der Waals surface area (Å²) in [5.74, 6) is -0.561. The maximum Gasteiger partial charge on any atom is 0.340 e. The molecule has 0 atom stereocenters. The summed E-state index contributed by atoms with van der Waals surface area (Å²) in [6.45, 7) is 1.12. The molecule has 1 amide bonds. The third-order valence-corrected chi connectivity index (χ3v) is 3.80. The summed E-state index contributed by atoms with van der Waals surface area (Å²) in [5, 5.41) is 0. The van der Waals surface area contributed by atoms with E-state index in [1.165, 1.54) is 12.1 Å². The van der Waals surface area contributed by atoms with E-state index in [2.05, 4.69) is 4.72 Å². The highest BCUT2D eigenvalue weighted by Gasteiger charge is 2.20. The van der Waals surface area contributed by atoms with Crippen molar-refractivity contribution < 1.29 is 22.7 Å². The lowest BCUT2D eigenvalue weighted by atomic mass is 10.2. The van der Waals surface area contributed by atoms with Gasteiger partial charge in [0.25, 0.3) is 0 Å². The lowest BCUT2D eigenvalue weighted by Gasteiger charge is -2.15. The molecule has 0 aliphatic carbocycles. The standard InChI is InChI=1S/C14H18N2O5S/c1-22(19,20)15-12-6-3-2-5-11(12)14(18)21-10-9-16-8-4-7-13(16)17/h2-3,5-6,15H,4,7-10H2,1H3. The molecule has 1 heterocycles. The first-order valence-electron chi connectivity index (χ1n) is 6.88. The molecule has 0 unspecified atom stereocenters. The van der Waals surface area contributed by atoms with Crippen molar-refractivity contribution >= 4 is 27.6 Å². The third-order valence-electron chi connectivity index (χ3n) is 3.21. The molecule has 2 rings (SSSR count). The number of sulfonamides is 1. The van der Waals surface area contributed by atoms with E-state index < -0.39 is 16.0 Å². The van der Waals surface area contributed by atoms with E-state index in [9.17, 15) is 18.0 Å². The molecule has 0 aromatic heterocycles. The largest absolute Gasteiger partial charge is 0.460 e. The molecule has 7 nitrogen and oxygen atoms in total. The Labute approximate surface area is 129 Å². The highest BCUT2D eigenvalue weighted by atomic mass is 32.2. The summed E-state index contributed by atoms with van der Waals surface area (Å²) in [5.41, 5.74) is 0.313. The van der Waals surface area contributed by atoms with Crippen molar-refractivity contribution in [3.05, 3.63) is 29.8 Å². The fourth-order valence-corrected chi connectivity index (χ4v) is 2.79. The van der Waals surface area contributed by atoms with Crippen molar-refractivity contribution in [1.29, 1.82) is 0 Å². The zero-order chi connectivity index (χ0) is 16.2. The van der Waals surface area contributed by atoms with Gasteiger partial charge in [0.2, 0.25) is 15.9 Å². The van der Waals surface area contributed by atoms with Crippen molar-refractivity contribution in [2.24, 2.45) is 0 Å². The van der Waals surface area contributed by atoms with Gasteiger partial charge in [-0.05, 0) is 18.6 Å². The summed E-state index contributed by atoms with van der Waals surface area (Å²) in [6, 6.07) is 6.21. The fraction of sp³-hybridized carbons (Fsp3) is 0.429. The molecule has 1 aromatic rings. The number of rotatable bonds is 6. The van der Waals surface area contributed by atoms with Crippen LogP contribution >= 0.6 is 0 Å². The molecule has 1 fully saturated rings. The second-order valence-electron chi connectivity index (χ2n) is 5.04. The number of carbonyl (C=O) groups is 2. The topological polar surface area (TPSA) is 92.8 Å². The average Bonchev–Trinajstić information content (AvgIpc) is 2.83. The molecule has 0 bridgehead atoms. The van der Waals surface area contributed by atoms with Gasteiger partial charge in [-0.25, -0.2) is 13.2 Å². The summed E-state index contributed by atoms with van der Waals surface area (Å²) in [4.78, 5) is 25.1. The molecule has 1 aliphatic rings. The number of likely N-dealkylation sites (tertiary alicyclic amines) is 1. The van der Waals surface area contributed by atoms with E-state index in [1.807, 2.05) is 0 Å². The van der Waals surface area contributed by atoms with Crippen LogP contribution in [0.1, 0.15) is 23.2 Å². The van der Waals surface area contributed by atoms with Gasteiger partial charge >= 0.3 is 5.97 Å². The number of hydrogen-bond acceptors (Lipinski definition) is 5. The predicted molar refractivity (Wildman–Crippen MR) is 81.0 cm³/mol. The maximum atomic E-state index is 12.0. The number of ether oxygens (including phenoxy) is 1. The molecular formula is C14H18N2O5S. The van der Waals surface area contributed by atoms with Crippen molar-refractivity contribution in [1.82, 2.24) is 4.90 Å². The highest BCUT2D eigenvalue weighted by Crippen LogP contribution is 2.17. The Kier molecular flexibility index (Phi) is 5.02. The quantitative estimate of drug-likeness (QED) is 0.782. The first-order chi connectivity index (χ1) is 10.4. The zero-order valence-corrected chi connectivity index (χ0v) is 13.1.